The number of nitrogens with one attached hydrogen (secondary N) is 1. The zero-order valence-corrected chi connectivity index (χ0v) is 11.8. The van der Waals surface area contributed by atoms with Gasteiger partial charge in [-0.25, -0.2) is 4.39 Å². The second kappa shape index (κ2) is 4.90. The summed E-state index contributed by atoms with van der Waals surface area (Å²) in [4.78, 5) is 36.8. The van der Waals surface area contributed by atoms with Crippen LogP contribution in [0.2, 0.25) is 0 Å². The Labute approximate surface area is 120 Å². The molecule has 1 aliphatic heterocycles. The van der Waals surface area contributed by atoms with Crippen molar-refractivity contribution in [3.05, 3.63) is 29.6 Å². The molecule has 1 aromatic rings. The van der Waals surface area contributed by atoms with Gasteiger partial charge < -0.3 is 4.90 Å². The molecule has 3 amide bonds. The molecule has 0 aromatic heterocycles. The molecule has 0 saturated carbocycles. The second-order valence-corrected chi connectivity index (χ2v) is 5.48. The molecular formula is C13H13FN2O3S. The SMILES string of the molecule is CC1(C)C(=O)NC(=O)CN1C(=O)c1ccc(F)c(S)c1. The van der Waals surface area contributed by atoms with E-state index < -0.39 is 29.1 Å². The van der Waals surface area contributed by atoms with Gasteiger partial charge in [0.2, 0.25) is 5.91 Å². The van der Waals surface area contributed by atoms with Crippen LogP contribution in [0.5, 0.6) is 0 Å². The average molecular weight is 296 g/mol. The van der Waals surface area contributed by atoms with Gasteiger partial charge in [0.1, 0.15) is 17.9 Å². The van der Waals surface area contributed by atoms with Crippen molar-refractivity contribution in [1.29, 1.82) is 0 Å². The summed E-state index contributed by atoms with van der Waals surface area (Å²) >= 11 is 3.91. The molecule has 0 bridgehead atoms. The number of halogens is 1. The molecule has 0 atom stereocenters. The number of carbonyl (C=O) groups excluding carboxylic acids is 3. The van der Waals surface area contributed by atoms with Crippen LogP contribution in [0.15, 0.2) is 23.1 Å². The van der Waals surface area contributed by atoms with Crippen molar-refractivity contribution >= 4 is 30.4 Å². The first-order chi connectivity index (χ1) is 9.23. The summed E-state index contributed by atoms with van der Waals surface area (Å²) in [6.45, 7) is 2.85. The van der Waals surface area contributed by atoms with Crippen LogP contribution in [0.3, 0.4) is 0 Å². The first-order valence-corrected chi connectivity index (χ1v) is 6.33. The van der Waals surface area contributed by atoms with Crippen molar-refractivity contribution in [2.24, 2.45) is 0 Å². The lowest BCUT2D eigenvalue weighted by molar-refractivity contribution is -0.143. The van der Waals surface area contributed by atoms with Crippen molar-refractivity contribution in [3.8, 4) is 0 Å². The quantitative estimate of drug-likeness (QED) is 0.600. The number of piperazine rings is 1. The Hall–Kier alpha value is -1.89. The maximum atomic E-state index is 13.2. The van der Waals surface area contributed by atoms with Crippen molar-refractivity contribution < 1.29 is 18.8 Å². The smallest absolute Gasteiger partial charge is 0.255 e. The van der Waals surface area contributed by atoms with E-state index in [2.05, 4.69) is 17.9 Å². The van der Waals surface area contributed by atoms with E-state index in [4.69, 9.17) is 0 Å². The van der Waals surface area contributed by atoms with Crippen LogP contribution in [-0.4, -0.2) is 34.7 Å². The number of hydrogen-bond donors (Lipinski definition) is 2. The number of nitrogens with zero attached hydrogens (tertiary/aromatic N) is 1. The van der Waals surface area contributed by atoms with Crippen LogP contribution in [0.25, 0.3) is 0 Å². The van der Waals surface area contributed by atoms with Gasteiger partial charge >= 0.3 is 0 Å². The third kappa shape index (κ3) is 2.40. The largest absolute Gasteiger partial charge is 0.315 e. The Morgan fingerprint density at radius 1 is 1.40 bits per heavy atom. The van der Waals surface area contributed by atoms with Gasteiger partial charge in [0.05, 0.1) is 0 Å². The topological polar surface area (TPSA) is 66.5 Å². The maximum Gasteiger partial charge on any atom is 0.255 e. The van der Waals surface area contributed by atoms with E-state index in [1.54, 1.807) is 0 Å². The highest BCUT2D eigenvalue weighted by Gasteiger charge is 2.43. The molecule has 1 aromatic carbocycles. The molecule has 1 N–H and O–H groups in total. The molecular weight excluding hydrogens is 283 g/mol. The van der Waals surface area contributed by atoms with Crippen molar-refractivity contribution in [2.75, 3.05) is 6.54 Å². The summed E-state index contributed by atoms with van der Waals surface area (Å²) in [7, 11) is 0. The maximum absolute atomic E-state index is 13.2. The van der Waals surface area contributed by atoms with Gasteiger partial charge in [-0.1, -0.05) is 0 Å². The van der Waals surface area contributed by atoms with Gasteiger partial charge in [0.15, 0.2) is 0 Å². The predicted octanol–water partition coefficient (Wildman–Crippen LogP) is 0.992. The fraction of sp³-hybridized carbons (Fsp3) is 0.308. The van der Waals surface area contributed by atoms with E-state index >= 15 is 0 Å². The number of imide groups is 1. The van der Waals surface area contributed by atoms with E-state index in [1.165, 1.54) is 26.0 Å². The third-order valence-corrected chi connectivity index (χ3v) is 3.57. The Morgan fingerprint density at radius 2 is 2.05 bits per heavy atom. The lowest BCUT2D eigenvalue weighted by atomic mass is 9.97. The number of rotatable bonds is 1. The Balaban J connectivity index is 2.38. The van der Waals surface area contributed by atoms with E-state index in [1.807, 2.05) is 0 Å². The lowest BCUT2D eigenvalue weighted by Gasteiger charge is -2.40. The van der Waals surface area contributed by atoms with Gasteiger partial charge in [0, 0.05) is 10.5 Å². The summed E-state index contributed by atoms with van der Waals surface area (Å²) in [5, 5.41) is 2.18. The van der Waals surface area contributed by atoms with Gasteiger partial charge in [-0.2, -0.15) is 0 Å². The Bertz CT molecular complexity index is 616. The molecule has 5 nitrogen and oxygen atoms in total. The fourth-order valence-corrected chi connectivity index (χ4v) is 2.12. The zero-order chi connectivity index (χ0) is 15.1. The highest BCUT2D eigenvalue weighted by molar-refractivity contribution is 7.80. The first-order valence-electron chi connectivity index (χ1n) is 5.88. The van der Waals surface area contributed by atoms with Crippen molar-refractivity contribution in [2.45, 2.75) is 24.3 Å². The number of hydrogen-bond acceptors (Lipinski definition) is 4. The summed E-state index contributed by atoms with van der Waals surface area (Å²) in [6, 6.07) is 3.69. The van der Waals surface area contributed by atoms with Gasteiger partial charge in [-0.3, -0.25) is 19.7 Å². The Kier molecular flexibility index (Phi) is 3.56. The van der Waals surface area contributed by atoms with E-state index in [-0.39, 0.29) is 17.0 Å². The summed E-state index contributed by atoms with van der Waals surface area (Å²) in [5.74, 6) is -2.16. The van der Waals surface area contributed by atoms with Crippen LogP contribution in [-0.2, 0) is 9.59 Å². The number of benzene rings is 1. The molecule has 1 aliphatic rings. The molecule has 1 heterocycles. The van der Waals surface area contributed by atoms with Gasteiger partial charge in [-0.05, 0) is 32.0 Å². The molecule has 1 saturated heterocycles. The van der Waals surface area contributed by atoms with Crippen LogP contribution < -0.4 is 5.32 Å². The van der Waals surface area contributed by atoms with Crippen LogP contribution in [0.4, 0.5) is 4.39 Å². The molecule has 0 radical (unpaired) electrons. The number of thiol groups is 1. The van der Waals surface area contributed by atoms with Crippen LogP contribution >= 0.6 is 12.6 Å². The van der Waals surface area contributed by atoms with Crippen molar-refractivity contribution in [3.63, 3.8) is 0 Å². The van der Waals surface area contributed by atoms with E-state index in [0.717, 1.165) is 11.0 Å². The standard InChI is InChI=1S/C13H13FN2O3S/c1-13(2)12(19)15-10(17)6-16(13)11(18)7-3-4-8(14)9(20)5-7/h3-5,20H,6H2,1-2H3,(H,15,17,19). The highest BCUT2D eigenvalue weighted by Crippen LogP contribution is 2.23. The molecule has 1 fully saturated rings. The monoisotopic (exact) mass is 296 g/mol. The molecule has 0 spiro atoms. The summed E-state index contributed by atoms with van der Waals surface area (Å²) < 4.78 is 13.2. The molecule has 106 valence electrons. The molecule has 0 unspecified atom stereocenters. The molecule has 0 aliphatic carbocycles. The normalized spacial score (nSPS) is 17.9. The molecule has 7 heteroatoms. The van der Waals surface area contributed by atoms with Gasteiger partial charge in [-0.15, -0.1) is 12.6 Å². The zero-order valence-electron chi connectivity index (χ0n) is 10.9. The van der Waals surface area contributed by atoms with Crippen LogP contribution in [0.1, 0.15) is 24.2 Å². The number of carbonyl (C=O) groups is 3. The fourth-order valence-electron chi connectivity index (χ4n) is 1.91. The molecule has 20 heavy (non-hydrogen) atoms. The lowest BCUT2D eigenvalue weighted by Crippen LogP contribution is -2.65. The van der Waals surface area contributed by atoms with Crippen molar-refractivity contribution in [1.82, 2.24) is 10.2 Å². The van der Waals surface area contributed by atoms with E-state index in [9.17, 15) is 18.8 Å². The predicted molar refractivity (Wildman–Crippen MR) is 71.9 cm³/mol. The van der Waals surface area contributed by atoms with E-state index in [0.29, 0.717) is 0 Å². The highest BCUT2D eigenvalue weighted by atomic mass is 32.1. The summed E-state index contributed by atoms with van der Waals surface area (Å²) in [6.07, 6.45) is 0. The minimum atomic E-state index is -1.16. The number of amides is 3. The third-order valence-electron chi connectivity index (χ3n) is 3.22. The average Bonchev–Trinajstić information content (AvgIpc) is 2.36. The van der Waals surface area contributed by atoms with Crippen LogP contribution in [0, 0.1) is 5.82 Å². The Morgan fingerprint density at radius 3 is 2.65 bits per heavy atom. The summed E-state index contributed by atoms with van der Waals surface area (Å²) in [5.41, 5.74) is -0.983. The first kappa shape index (κ1) is 14.5. The minimum Gasteiger partial charge on any atom is -0.315 e. The van der Waals surface area contributed by atoms with Gasteiger partial charge in [0.25, 0.3) is 11.8 Å². The minimum absolute atomic E-state index is 0.0291. The molecule has 2 rings (SSSR count). The second-order valence-electron chi connectivity index (χ2n) is 4.99.